The quantitative estimate of drug-likeness (QED) is 0.338. The molecule has 7 nitrogen and oxygen atoms in total. The summed E-state index contributed by atoms with van der Waals surface area (Å²) < 4.78 is 11.8. The van der Waals surface area contributed by atoms with Crippen LogP contribution >= 0.6 is 0 Å². The highest BCUT2D eigenvalue weighted by Crippen LogP contribution is 2.39. The lowest BCUT2D eigenvalue weighted by Crippen LogP contribution is -2.56. The molecule has 2 aliphatic heterocycles. The molecule has 1 fully saturated rings. The fourth-order valence-corrected chi connectivity index (χ4v) is 4.58. The molecule has 1 saturated heterocycles. The van der Waals surface area contributed by atoms with Gasteiger partial charge < -0.3 is 29.9 Å². The molecule has 2 heterocycles. The Morgan fingerprint density at radius 1 is 1.19 bits per heavy atom. The van der Waals surface area contributed by atoms with Crippen molar-refractivity contribution in [3.63, 3.8) is 0 Å². The average Bonchev–Trinajstić information content (AvgIpc) is 2.76. The van der Waals surface area contributed by atoms with Crippen molar-refractivity contribution in [3.8, 4) is 0 Å². The van der Waals surface area contributed by atoms with Crippen molar-refractivity contribution in [2.75, 3.05) is 0 Å². The molecule has 9 atom stereocenters. The maximum Gasteiger partial charge on any atom is 0.330 e. The number of esters is 1. The Morgan fingerprint density at radius 2 is 1.86 bits per heavy atom. The topological polar surface area (TPSA) is 116 Å². The molecule has 0 aromatic rings. The van der Waals surface area contributed by atoms with E-state index in [1.54, 1.807) is 32.1 Å². The van der Waals surface area contributed by atoms with E-state index in [4.69, 9.17) is 9.47 Å². The summed E-state index contributed by atoms with van der Waals surface area (Å²) in [6.07, 6.45) is 7.94. The Balaban J connectivity index is 2.41. The van der Waals surface area contributed by atoms with E-state index in [9.17, 15) is 25.2 Å². The minimum atomic E-state index is -1.84. The van der Waals surface area contributed by atoms with E-state index in [0.29, 0.717) is 31.3 Å². The summed E-state index contributed by atoms with van der Waals surface area (Å²) in [6.45, 7) is 14.7. The van der Waals surface area contributed by atoms with Crippen LogP contribution in [0.4, 0.5) is 0 Å². The molecule has 0 saturated carbocycles. The Kier molecular flexibility index (Phi) is 10.7. The standard InChI is InChI=1S/C29H46O7/c1-18-14-24-11-8-12-25(31)22(5)20(3)16-27(32)35-26(15-21(4)23(6)30)19(2)10-9-13-28(7,33)29(34,17-18)36-24/h8-9,12-13,16,19,21-26,30-31,33-34H,1,10-11,14-15,17H2,2-7H3/b12-8+,13-9+,20-16+/t19-,21-,22+,23-,24-,25-,26+,28+,29-/m0/s1. The summed E-state index contributed by atoms with van der Waals surface area (Å²) in [7, 11) is 0. The lowest BCUT2D eigenvalue weighted by atomic mass is 9.83. The third-order valence-corrected chi connectivity index (χ3v) is 7.75. The second kappa shape index (κ2) is 12.7. The highest BCUT2D eigenvalue weighted by Gasteiger charge is 2.49. The molecule has 0 unspecified atom stereocenters. The maximum absolute atomic E-state index is 12.8. The molecule has 0 aromatic carbocycles. The summed E-state index contributed by atoms with van der Waals surface area (Å²) in [6, 6.07) is 0. The molecule has 2 rings (SSSR count). The van der Waals surface area contributed by atoms with Gasteiger partial charge in [0.15, 0.2) is 0 Å². The van der Waals surface area contributed by atoms with Crippen LogP contribution in [0.25, 0.3) is 0 Å². The minimum absolute atomic E-state index is 0.0922. The van der Waals surface area contributed by atoms with Crippen molar-refractivity contribution in [2.45, 2.75) is 109 Å². The fraction of sp³-hybridized carbons (Fsp3) is 0.690. The number of aliphatic hydroxyl groups is 4. The minimum Gasteiger partial charge on any atom is -0.459 e. The van der Waals surface area contributed by atoms with Gasteiger partial charge >= 0.3 is 5.97 Å². The fourth-order valence-electron chi connectivity index (χ4n) is 4.58. The maximum atomic E-state index is 12.8. The molecular weight excluding hydrogens is 460 g/mol. The first-order valence-corrected chi connectivity index (χ1v) is 13.0. The van der Waals surface area contributed by atoms with Gasteiger partial charge in [-0.25, -0.2) is 4.79 Å². The zero-order chi connectivity index (χ0) is 27.3. The second-order valence-electron chi connectivity index (χ2n) is 11.2. The molecular formula is C29H46O7. The largest absolute Gasteiger partial charge is 0.459 e. The molecule has 4 N–H and O–H groups in total. The lowest BCUT2D eigenvalue weighted by Gasteiger charge is -2.45. The number of cyclic esters (lactones) is 1. The Morgan fingerprint density at radius 3 is 2.50 bits per heavy atom. The number of aliphatic hydroxyl groups excluding tert-OH is 2. The van der Waals surface area contributed by atoms with Gasteiger partial charge in [-0.2, -0.15) is 0 Å². The molecule has 0 amide bonds. The molecule has 0 spiro atoms. The van der Waals surface area contributed by atoms with Crippen LogP contribution in [0.5, 0.6) is 0 Å². The molecule has 2 bridgehead atoms. The zero-order valence-corrected chi connectivity index (χ0v) is 22.7. The van der Waals surface area contributed by atoms with Gasteiger partial charge in [0.25, 0.3) is 0 Å². The summed E-state index contributed by atoms with van der Waals surface area (Å²) in [5.41, 5.74) is -0.206. The first kappa shape index (κ1) is 30.5. The second-order valence-corrected chi connectivity index (χ2v) is 11.2. The number of fused-ring (bicyclic) bond motifs is 2. The van der Waals surface area contributed by atoms with Gasteiger partial charge in [0.2, 0.25) is 5.79 Å². The zero-order valence-electron chi connectivity index (χ0n) is 22.7. The highest BCUT2D eigenvalue weighted by molar-refractivity contribution is 5.83. The first-order chi connectivity index (χ1) is 16.6. The van der Waals surface area contributed by atoms with E-state index in [0.717, 1.165) is 5.57 Å². The Hall–Kier alpha value is -1.77. The van der Waals surface area contributed by atoms with E-state index < -0.39 is 41.8 Å². The van der Waals surface area contributed by atoms with Gasteiger partial charge in [-0.1, -0.05) is 62.8 Å². The van der Waals surface area contributed by atoms with Crippen molar-refractivity contribution < 1.29 is 34.7 Å². The SMILES string of the molecule is C=C1C[C@@H]2C/C=C/[C@H](O)[C@H](C)/C(C)=C/C(=O)O[C@H](C[C@H](C)[C@H](C)O)[C@@H](C)C/C=C/[C@@](C)(O)[C@](O)(C1)O2. The van der Waals surface area contributed by atoms with Crippen molar-refractivity contribution in [2.24, 2.45) is 17.8 Å². The van der Waals surface area contributed by atoms with Gasteiger partial charge in [0.05, 0.1) is 18.3 Å². The van der Waals surface area contributed by atoms with Crippen LogP contribution in [-0.4, -0.2) is 62.2 Å². The normalized spacial score (nSPS) is 42.2. The summed E-state index contributed by atoms with van der Waals surface area (Å²) >= 11 is 0. The molecule has 2 aliphatic rings. The summed E-state index contributed by atoms with van der Waals surface area (Å²) in [5, 5.41) is 43.1. The smallest absolute Gasteiger partial charge is 0.330 e. The van der Waals surface area contributed by atoms with Crippen molar-refractivity contribution in [3.05, 3.63) is 48.1 Å². The molecule has 0 aliphatic carbocycles. The van der Waals surface area contributed by atoms with Crippen molar-refractivity contribution in [1.29, 1.82) is 0 Å². The lowest BCUT2D eigenvalue weighted by molar-refractivity contribution is -0.305. The molecule has 0 radical (unpaired) electrons. The average molecular weight is 507 g/mol. The molecule has 0 aromatic heterocycles. The van der Waals surface area contributed by atoms with Crippen molar-refractivity contribution >= 4 is 5.97 Å². The number of carbonyl (C=O) groups is 1. The van der Waals surface area contributed by atoms with Crippen LogP contribution in [0.2, 0.25) is 0 Å². The van der Waals surface area contributed by atoms with Gasteiger partial charge in [0.1, 0.15) is 11.7 Å². The van der Waals surface area contributed by atoms with Crippen LogP contribution in [0.15, 0.2) is 48.1 Å². The number of hydrogen-bond acceptors (Lipinski definition) is 7. The molecule has 7 heteroatoms. The van der Waals surface area contributed by atoms with Crippen LogP contribution < -0.4 is 0 Å². The van der Waals surface area contributed by atoms with E-state index in [-0.39, 0.29) is 24.2 Å². The number of hydrogen-bond donors (Lipinski definition) is 4. The molecule has 204 valence electrons. The highest BCUT2D eigenvalue weighted by atomic mass is 16.6. The van der Waals surface area contributed by atoms with Gasteiger partial charge in [-0.05, 0) is 58.3 Å². The third-order valence-electron chi connectivity index (χ3n) is 7.75. The summed E-state index contributed by atoms with van der Waals surface area (Å²) in [4.78, 5) is 12.8. The number of carbonyl (C=O) groups excluding carboxylic acids is 1. The predicted octanol–water partition coefficient (Wildman–Crippen LogP) is 3.97. The van der Waals surface area contributed by atoms with Gasteiger partial charge in [-0.3, -0.25) is 0 Å². The van der Waals surface area contributed by atoms with Gasteiger partial charge in [-0.15, -0.1) is 0 Å². The van der Waals surface area contributed by atoms with E-state index in [2.05, 4.69) is 6.58 Å². The van der Waals surface area contributed by atoms with Crippen molar-refractivity contribution in [1.82, 2.24) is 0 Å². The van der Waals surface area contributed by atoms with Crippen LogP contribution in [0, 0.1) is 17.8 Å². The van der Waals surface area contributed by atoms with E-state index in [1.165, 1.54) is 19.1 Å². The third kappa shape index (κ3) is 8.12. The molecule has 36 heavy (non-hydrogen) atoms. The van der Waals surface area contributed by atoms with Crippen LogP contribution in [0.1, 0.15) is 73.6 Å². The van der Waals surface area contributed by atoms with E-state index in [1.807, 2.05) is 20.8 Å². The van der Waals surface area contributed by atoms with E-state index >= 15 is 0 Å². The Labute approximate surface area is 216 Å². The first-order valence-electron chi connectivity index (χ1n) is 13.0. The Bertz CT molecular complexity index is 856. The number of ether oxygens (including phenoxy) is 2. The predicted molar refractivity (Wildman–Crippen MR) is 140 cm³/mol. The number of rotatable bonds is 3. The monoisotopic (exact) mass is 506 g/mol. The van der Waals surface area contributed by atoms with Gasteiger partial charge in [0, 0.05) is 18.4 Å². The van der Waals surface area contributed by atoms with Crippen LogP contribution in [0.3, 0.4) is 0 Å². The summed E-state index contributed by atoms with van der Waals surface area (Å²) in [5.74, 6) is -2.86. The van der Waals surface area contributed by atoms with Crippen LogP contribution in [-0.2, 0) is 14.3 Å². The number of allylic oxidation sites excluding steroid dienone is 1.